The molecular weight excluding hydrogens is 462 g/mol. The fourth-order valence-corrected chi connectivity index (χ4v) is 5.57. The first-order valence-electron chi connectivity index (χ1n) is 12.2. The Kier molecular flexibility index (Phi) is 4.64. The molecule has 0 radical (unpaired) electrons. The molecule has 1 aromatic carbocycles. The lowest BCUT2D eigenvalue weighted by atomic mass is 9.50. The average molecular weight is 487 g/mol. The third-order valence-electron chi connectivity index (χ3n) is 7.86. The van der Waals surface area contributed by atoms with Gasteiger partial charge >= 0.3 is 0 Å². The number of fused-ring (bicyclic) bond motifs is 1. The van der Waals surface area contributed by atoms with Crippen molar-refractivity contribution in [1.29, 1.82) is 0 Å². The standard InChI is InChI=1S/C27H24F2N6O/c1-14-15(2)32-26-24(31-14)23(20-4-3-19(28)8-21(20)29)33-25(34-26)17-5-6-36-22(7-17)18-12-30-35(13-18)27-9-16(10-27)11-27/h3-4,7-8,12-13,16,22H,5-6,9-11H2,1-2H3. The van der Waals surface area contributed by atoms with E-state index in [1.54, 1.807) is 0 Å². The average Bonchev–Trinajstić information content (AvgIpc) is 3.27. The fourth-order valence-electron chi connectivity index (χ4n) is 5.57. The zero-order chi connectivity index (χ0) is 24.6. The molecule has 3 aromatic heterocycles. The lowest BCUT2D eigenvalue weighted by molar-refractivity contribution is -0.0979. The van der Waals surface area contributed by atoms with Gasteiger partial charge in [0.1, 0.15) is 28.9 Å². The van der Waals surface area contributed by atoms with Crippen LogP contribution in [-0.2, 0) is 10.3 Å². The van der Waals surface area contributed by atoms with E-state index in [-0.39, 0.29) is 17.2 Å². The molecule has 9 heteroatoms. The number of hydrogen-bond acceptors (Lipinski definition) is 6. The lowest BCUT2D eigenvalue weighted by Gasteiger charge is -2.61. The normalized spacial score (nSPS) is 24.8. The van der Waals surface area contributed by atoms with Crippen molar-refractivity contribution in [2.45, 2.75) is 51.2 Å². The van der Waals surface area contributed by atoms with E-state index in [1.807, 2.05) is 26.1 Å². The van der Waals surface area contributed by atoms with Gasteiger partial charge in [-0.25, -0.2) is 28.7 Å². The Morgan fingerprint density at radius 3 is 2.58 bits per heavy atom. The highest BCUT2D eigenvalue weighted by Crippen LogP contribution is 2.62. The summed E-state index contributed by atoms with van der Waals surface area (Å²) in [5.41, 5.74) is 4.75. The van der Waals surface area contributed by atoms with Gasteiger partial charge in [0.2, 0.25) is 0 Å². The van der Waals surface area contributed by atoms with E-state index in [1.165, 1.54) is 31.4 Å². The van der Waals surface area contributed by atoms with Gasteiger partial charge in [0.25, 0.3) is 0 Å². The van der Waals surface area contributed by atoms with Crippen LogP contribution in [0.2, 0.25) is 0 Å². The maximum absolute atomic E-state index is 14.8. The summed E-state index contributed by atoms with van der Waals surface area (Å²) in [6.07, 6.45) is 9.96. The van der Waals surface area contributed by atoms with Crippen LogP contribution in [0.5, 0.6) is 0 Å². The predicted octanol–water partition coefficient (Wildman–Crippen LogP) is 5.23. The molecule has 3 aliphatic carbocycles. The molecule has 3 fully saturated rings. The molecule has 1 aliphatic heterocycles. The predicted molar refractivity (Wildman–Crippen MR) is 129 cm³/mol. The quantitative estimate of drug-likeness (QED) is 0.393. The topological polar surface area (TPSA) is 78.6 Å². The number of ether oxygens (including phenoxy) is 1. The molecule has 4 aromatic rings. The Morgan fingerprint density at radius 2 is 1.83 bits per heavy atom. The number of aromatic nitrogens is 6. The minimum absolute atomic E-state index is 0.159. The lowest BCUT2D eigenvalue weighted by Crippen LogP contribution is -2.59. The minimum atomic E-state index is -0.708. The van der Waals surface area contributed by atoms with Crippen LogP contribution in [0.4, 0.5) is 8.78 Å². The summed E-state index contributed by atoms with van der Waals surface area (Å²) < 4.78 is 36.7. The summed E-state index contributed by atoms with van der Waals surface area (Å²) in [5, 5.41) is 4.64. The van der Waals surface area contributed by atoms with E-state index >= 15 is 0 Å². The van der Waals surface area contributed by atoms with E-state index in [4.69, 9.17) is 14.7 Å². The Labute approximate surface area is 206 Å². The van der Waals surface area contributed by atoms with Crippen LogP contribution in [0.1, 0.15) is 54.6 Å². The van der Waals surface area contributed by atoms with Crippen molar-refractivity contribution >= 4 is 16.7 Å². The van der Waals surface area contributed by atoms with Crippen molar-refractivity contribution in [2.75, 3.05) is 6.61 Å². The van der Waals surface area contributed by atoms with Crippen LogP contribution in [0, 0.1) is 31.4 Å². The van der Waals surface area contributed by atoms with Crippen molar-refractivity contribution in [3.8, 4) is 11.3 Å². The van der Waals surface area contributed by atoms with Gasteiger partial charge in [-0.1, -0.05) is 0 Å². The summed E-state index contributed by atoms with van der Waals surface area (Å²) in [7, 11) is 0. The SMILES string of the molecule is Cc1nc2nc(C3=CC(c4cnn(C56CC(C5)C6)c4)OCC3)nc(-c3ccc(F)cc3F)c2nc1C. The number of hydrogen-bond donors (Lipinski definition) is 0. The highest BCUT2D eigenvalue weighted by atomic mass is 19.1. The molecule has 1 atom stereocenters. The Bertz CT molecular complexity index is 1560. The molecule has 0 N–H and O–H groups in total. The number of aryl methyl sites for hydroxylation is 2. The van der Waals surface area contributed by atoms with Crippen LogP contribution in [0.15, 0.2) is 36.7 Å². The van der Waals surface area contributed by atoms with Gasteiger partial charge in [-0.15, -0.1) is 0 Å². The molecule has 1 unspecified atom stereocenters. The molecule has 0 amide bonds. The zero-order valence-electron chi connectivity index (χ0n) is 20.0. The van der Waals surface area contributed by atoms with Crippen molar-refractivity contribution in [2.24, 2.45) is 5.92 Å². The van der Waals surface area contributed by atoms with Crippen LogP contribution >= 0.6 is 0 Å². The summed E-state index contributed by atoms with van der Waals surface area (Å²) in [6.45, 7) is 4.18. The number of benzene rings is 1. The molecular formula is C27H24F2N6O. The summed E-state index contributed by atoms with van der Waals surface area (Å²) in [5.74, 6) is -0.0437. The molecule has 4 aliphatic rings. The fraction of sp³-hybridized carbons (Fsp3) is 0.370. The first-order chi connectivity index (χ1) is 17.4. The molecule has 36 heavy (non-hydrogen) atoms. The van der Waals surface area contributed by atoms with E-state index in [0.717, 1.165) is 28.8 Å². The minimum Gasteiger partial charge on any atom is -0.369 e. The van der Waals surface area contributed by atoms with Gasteiger partial charge in [-0.3, -0.25) is 4.68 Å². The summed E-state index contributed by atoms with van der Waals surface area (Å²) >= 11 is 0. The van der Waals surface area contributed by atoms with E-state index in [2.05, 4.69) is 25.9 Å². The Balaban J connectivity index is 1.32. The van der Waals surface area contributed by atoms with Crippen LogP contribution in [0.3, 0.4) is 0 Å². The second kappa shape index (κ2) is 7.70. The highest BCUT2D eigenvalue weighted by Gasteiger charge is 2.58. The molecule has 0 saturated heterocycles. The van der Waals surface area contributed by atoms with Crippen molar-refractivity contribution < 1.29 is 13.5 Å². The van der Waals surface area contributed by atoms with Crippen LogP contribution < -0.4 is 0 Å². The number of nitrogens with zero attached hydrogens (tertiary/aromatic N) is 6. The van der Waals surface area contributed by atoms with Crippen molar-refractivity contribution in [3.05, 3.63) is 71.1 Å². The Morgan fingerprint density at radius 1 is 1.03 bits per heavy atom. The molecule has 0 spiro atoms. The molecule has 3 saturated carbocycles. The Hall–Kier alpha value is -3.59. The maximum atomic E-state index is 14.8. The van der Waals surface area contributed by atoms with Gasteiger partial charge in [-0.05, 0) is 69.2 Å². The van der Waals surface area contributed by atoms with Crippen LogP contribution in [-0.4, -0.2) is 36.3 Å². The second-order valence-electron chi connectivity index (χ2n) is 10.2. The molecule has 182 valence electrons. The van der Waals surface area contributed by atoms with Crippen molar-refractivity contribution in [3.63, 3.8) is 0 Å². The molecule has 7 nitrogen and oxygen atoms in total. The monoisotopic (exact) mass is 486 g/mol. The summed E-state index contributed by atoms with van der Waals surface area (Å²) in [6, 6.07) is 3.45. The van der Waals surface area contributed by atoms with Crippen molar-refractivity contribution in [1.82, 2.24) is 29.7 Å². The first-order valence-corrected chi connectivity index (χ1v) is 12.2. The molecule has 8 rings (SSSR count). The number of halogens is 2. The van der Waals surface area contributed by atoms with Crippen LogP contribution in [0.25, 0.3) is 28.0 Å². The van der Waals surface area contributed by atoms with E-state index in [9.17, 15) is 8.78 Å². The highest BCUT2D eigenvalue weighted by molar-refractivity contribution is 5.88. The maximum Gasteiger partial charge on any atom is 0.182 e. The van der Waals surface area contributed by atoms with Gasteiger partial charge in [0.05, 0.1) is 29.7 Å². The largest absolute Gasteiger partial charge is 0.369 e. The van der Waals surface area contributed by atoms with Gasteiger partial charge in [0, 0.05) is 23.4 Å². The number of rotatable bonds is 4. The molecule has 2 bridgehead atoms. The zero-order valence-corrected chi connectivity index (χ0v) is 20.0. The second-order valence-corrected chi connectivity index (χ2v) is 10.2. The smallest absolute Gasteiger partial charge is 0.182 e. The third kappa shape index (κ3) is 3.29. The first kappa shape index (κ1) is 21.7. The van der Waals surface area contributed by atoms with E-state index in [0.29, 0.717) is 41.4 Å². The van der Waals surface area contributed by atoms with Gasteiger partial charge in [0.15, 0.2) is 11.5 Å². The van der Waals surface area contributed by atoms with Gasteiger partial charge in [-0.2, -0.15) is 5.10 Å². The molecule has 4 heterocycles. The van der Waals surface area contributed by atoms with E-state index < -0.39 is 11.6 Å². The summed E-state index contributed by atoms with van der Waals surface area (Å²) in [4.78, 5) is 18.7. The van der Waals surface area contributed by atoms with Gasteiger partial charge < -0.3 is 4.74 Å². The third-order valence-corrected chi connectivity index (χ3v) is 7.86.